The fourth-order valence-electron chi connectivity index (χ4n) is 1.57. The summed E-state index contributed by atoms with van der Waals surface area (Å²) in [5, 5.41) is 3.16. The molecule has 0 aliphatic rings. The Hall–Kier alpha value is -2.27. The molecular formula is C13H12ClN3O2. The quantitative estimate of drug-likeness (QED) is 0.904. The van der Waals surface area contributed by atoms with Crippen LogP contribution in [-0.2, 0) is 0 Å². The Kier molecular flexibility index (Phi) is 3.87. The van der Waals surface area contributed by atoms with Crippen LogP contribution >= 0.6 is 11.6 Å². The van der Waals surface area contributed by atoms with Crippen LogP contribution in [0.1, 0.15) is 10.5 Å². The Labute approximate surface area is 115 Å². The average molecular weight is 278 g/mol. The summed E-state index contributed by atoms with van der Waals surface area (Å²) in [4.78, 5) is 16.0. The Morgan fingerprint density at radius 2 is 2.21 bits per heavy atom. The molecule has 3 N–H and O–H groups in total. The number of ether oxygens (including phenoxy) is 1. The number of nitrogens with zero attached hydrogens (tertiary/aromatic N) is 1. The van der Waals surface area contributed by atoms with E-state index in [-0.39, 0.29) is 5.69 Å². The number of aromatic nitrogens is 1. The molecule has 1 heterocycles. The van der Waals surface area contributed by atoms with E-state index in [2.05, 4.69) is 10.3 Å². The fraction of sp³-hybridized carbons (Fsp3) is 0.0769. The molecule has 1 aromatic carbocycles. The van der Waals surface area contributed by atoms with Gasteiger partial charge in [0.05, 0.1) is 18.5 Å². The number of hydrogen-bond donors (Lipinski definition) is 2. The molecule has 2 aromatic rings. The van der Waals surface area contributed by atoms with Crippen molar-refractivity contribution in [2.75, 3.05) is 18.2 Å². The van der Waals surface area contributed by atoms with Crippen LogP contribution in [0, 0.1) is 0 Å². The third-order valence-corrected chi connectivity index (χ3v) is 2.70. The molecule has 0 bridgehead atoms. The molecule has 0 fully saturated rings. The molecule has 6 heteroatoms. The molecule has 0 unspecified atom stereocenters. The van der Waals surface area contributed by atoms with Gasteiger partial charge in [-0.2, -0.15) is 0 Å². The summed E-state index contributed by atoms with van der Waals surface area (Å²) in [6, 6.07) is 8.20. The van der Waals surface area contributed by atoms with Crippen molar-refractivity contribution in [1.82, 2.24) is 4.98 Å². The summed E-state index contributed by atoms with van der Waals surface area (Å²) in [5.74, 6) is 0.0888. The van der Waals surface area contributed by atoms with Crippen molar-refractivity contribution in [3.63, 3.8) is 0 Å². The number of anilines is 2. The summed E-state index contributed by atoms with van der Waals surface area (Å²) in [5.41, 5.74) is 6.62. The number of rotatable bonds is 3. The molecule has 19 heavy (non-hydrogen) atoms. The Morgan fingerprint density at radius 3 is 2.89 bits per heavy atom. The molecular weight excluding hydrogens is 266 g/mol. The van der Waals surface area contributed by atoms with Gasteiger partial charge < -0.3 is 15.8 Å². The van der Waals surface area contributed by atoms with Gasteiger partial charge in [-0.1, -0.05) is 11.6 Å². The summed E-state index contributed by atoms with van der Waals surface area (Å²) in [7, 11) is 1.51. The maximum absolute atomic E-state index is 12.1. The Bertz CT molecular complexity index is 617. The normalized spacial score (nSPS) is 10.0. The lowest BCUT2D eigenvalue weighted by Crippen LogP contribution is -2.16. The standard InChI is InChI=1S/C13H12ClN3O2/c1-19-11-5-4-8(14)7-10(11)17-13(18)12-9(15)3-2-6-16-12/h2-7H,15H2,1H3,(H,17,18). The topological polar surface area (TPSA) is 77.2 Å². The first-order valence-corrected chi connectivity index (χ1v) is 5.85. The molecule has 0 saturated heterocycles. The predicted molar refractivity (Wildman–Crippen MR) is 74.6 cm³/mol. The van der Waals surface area contributed by atoms with E-state index in [0.29, 0.717) is 22.1 Å². The van der Waals surface area contributed by atoms with E-state index >= 15 is 0 Å². The van der Waals surface area contributed by atoms with Crippen molar-refractivity contribution in [2.24, 2.45) is 0 Å². The van der Waals surface area contributed by atoms with Gasteiger partial charge in [0.25, 0.3) is 5.91 Å². The first kappa shape index (κ1) is 13.2. The fourth-order valence-corrected chi connectivity index (χ4v) is 1.74. The predicted octanol–water partition coefficient (Wildman–Crippen LogP) is 2.58. The zero-order valence-corrected chi connectivity index (χ0v) is 10.9. The highest BCUT2D eigenvalue weighted by atomic mass is 35.5. The van der Waals surface area contributed by atoms with E-state index in [9.17, 15) is 4.79 Å². The van der Waals surface area contributed by atoms with Crippen LogP contribution in [0.25, 0.3) is 0 Å². The molecule has 98 valence electrons. The number of nitrogens with two attached hydrogens (primary N) is 1. The minimum absolute atomic E-state index is 0.157. The van der Waals surface area contributed by atoms with E-state index < -0.39 is 5.91 Å². The summed E-state index contributed by atoms with van der Waals surface area (Å²) in [6.45, 7) is 0. The zero-order chi connectivity index (χ0) is 13.8. The third-order valence-electron chi connectivity index (χ3n) is 2.46. The highest BCUT2D eigenvalue weighted by Crippen LogP contribution is 2.28. The van der Waals surface area contributed by atoms with E-state index in [1.807, 2.05) is 0 Å². The lowest BCUT2D eigenvalue weighted by molar-refractivity contribution is 0.102. The maximum Gasteiger partial charge on any atom is 0.276 e. The molecule has 5 nitrogen and oxygen atoms in total. The smallest absolute Gasteiger partial charge is 0.276 e. The number of carbonyl (C=O) groups excluding carboxylic acids is 1. The van der Waals surface area contributed by atoms with E-state index in [4.69, 9.17) is 22.1 Å². The molecule has 0 aliphatic carbocycles. The Balaban J connectivity index is 2.29. The van der Waals surface area contributed by atoms with Gasteiger partial charge in [0, 0.05) is 11.2 Å². The van der Waals surface area contributed by atoms with E-state index in [1.54, 1.807) is 30.3 Å². The third kappa shape index (κ3) is 2.95. The highest BCUT2D eigenvalue weighted by Gasteiger charge is 2.13. The molecule has 1 aromatic heterocycles. The minimum Gasteiger partial charge on any atom is -0.495 e. The molecule has 0 saturated carbocycles. The minimum atomic E-state index is -0.418. The maximum atomic E-state index is 12.1. The van der Waals surface area contributed by atoms with Gasteiger partial charge in [0.15, 0.2) is 5.69 Å². The van der Waals surface area contributed by atoms with Crippen molar-refractivity contribution in [1.29, 1.82) is 0 Å². The number of benzene rings is 1. The van der Waals surface area contributed by atoms with E-state index in [1.165, 1.54) is 13.3 Å². The van der Waals surface area contributed by atoms with Crippen molar-refractivity contribution in [3.05, 3.63) is 47.2 Å². The number of hydrogen-bond acceptors (Lipinski definition) is 4. The van der Waals surface area contributed by atoms with Crippen molar-refractivity contribution < 1.29 is 9.53 Å². The summed E-state index contributed by atoms with van der Waals surface area (Å²) in [6.07, 6.45) is 1.50. The first-order valence-electron chi connectivity index (χ1n) is 5.47. The monoisotopic (exact) mass is 277 g/mol. The largest absolute Gasteiger partial charge is 0.495 e. The molecule has 0 radical (unpaired) electrons. The Morgan fingerprint density at radius 1 is 1.42 bits per heavy atom. The van der Waals surface area contributed by atoms with Gasteiger partial charge in [0.2, 0.25) is 0 Å². The molecule has 0 aliphatic heterocycles. The van der Waals surface area contributed by atoms with Crippen molar-refractivity contribution in [2.45, 2.75) is 0 Å². The van der Waals surface area contributed by atoms with Gasteiger partial charge in [-0.15, -0.1) is 0 Å². The number of halogens is 1. The zero-order valence-electron chi connectivity index (χ0n) is 10.2. The van der Waals surface area contributed by atoms with Crippen LogP contribution in [-0.4, -0.2) is 18.0 Å². The number of amides is 1. The van der Waals surface area contributed by atoms with Crippen LogP contribution in [0.2, 0.25) is 5.02 Å². The number of pyridine rings is 1. The van der Waals surface area contributed by atoms with E-state index in [0.717, 1.165) is 0 Å². The van der Waals surface area contributed by atoms with Crippen molar-refractivity contribution >= 4 is 28.9 Å². The number of carbonyl (C=O) groups is 1. The van der Waals surface area contributed by atoms with Gasteiger partial charge in [-0.25, -0.2) is 4.98 Å². The lowest BCUT2D eigenvalue weighted by Gasteiger charge is -2.10. The van der Waals surface area contributed by atoms with Gasteiger partial charge >= 0.3 is 0 Å². The van der Waals surface area contributed by atoms with Gasteiger partial charge in [-0.3, -0.25) is 4.79 Å². The molecule has 0 atom stereocenters. The first-order chi connectivity index (χ1) is 9.11. The second kappa shape index (κ2) is 5.58. The van der Waals surface area contributed by atoms with Crippen LogP contribution < -0.4 is 15.8 Å². The molecule has 2 rings (SSSR count). The second-order valence-electron chi connectivity index (χ2n) is 3.74. The van der Waals surface area contributed by atoms with Crippen LogP contribution in [0.5, 0.6) is 5.75 Å². The molecule has 1 amide bonds. The van der Waals surface area contributed by atoms with Gasteiger partial charge in [-0.05, 0) is 30.3 Å². The number of nitrogen functional groups attached to an aromatic ring is 1. The van der Waals surface area contributed by atoms with Crippen LogP contribution in [0.4, 0.5) is 11.4 Å². The number of nitrogens with one attached hydrogen (secondary N) is 1. The highest BCUT2D eigenvalue weighted by molar-refractivity contribution is 6.31. The number of methoxy groups -OCH3 is 1. The summed E-state index contributed by atoms with van der Waals surface area (Å²) < 4.78 is 5.14. The van der Waals surface area contributed by atoms with Crippen molar-refractivity contribution in [3.8, 4) is 5.75 Å². The molecule has 0 spiro atoms. The van der Waals surface area contributed by atoms with Crippen LogP contribution in [0.15, 0.2) is 36.5 Å². The SMILES string of the molecule is COc1ccc(Cl)cc1NC(=O)c1ncccc1N. The second-order valence-corrected chi connectivity index (χ2v) is 4.18. The van der Waals surface area contributed by atoms with Crippen LogP contribution in [0.3, 0.4) is 0 Å². The lowest BCUT2D eigenvalue weighted by atomic mass is 10.2. The van der Waals surface area contributed by atoms with Gasteiger partial charge in [0.1, 0.15) is 5.75 Å². The average Bonchev–Trinajstić information content (AvgIpc) is 2.39. The summed E-state index contributed by atoms with van der Waals surface area (Å²) >= 11 is 5.89.